The number of aromatic carboxylic acids is 6. The summed E-state index contributed by atoms with van der Waals surface area (Å²) in [4.78, 5) is 96.9. The summed E-state index contributed by atoms with van der Waals surface area (Å²) in [6, 6.07) is -2.29. The van der Waals surface area contributed by atoms with E-state index < -0.39 is 162 Å². The van der Waals surface area contributed by atoms with Crippen LogP contribution in [0.2, 0.25) is 0 Å². The third-order valence-corrected chi connectivity index (χ3v) is 9.52. The standard InChI is InChI=1S/C38H18F12O15/c39-35(40,41)33(36(42,43)44,13-1-5-17(25(51)52)21(9-13)27(55)56)15-3-7-19(23(11-15)29(59)60)31(63)65-32(64)20-8-4-16(12-24(20)30(61)62)34(37(45,46)47,38(48,49)50)14-2-6-18(26(53)54)22(10-14)28(57)58/h1-12H,(H,51,52)(H,53,54)(H,55,56)(H,57,58)(H,59,60)(H,61,62). The highest BCUT2D eigenvalue weighted by molar-refractivity contribution is 6.11. The van der Waals surface area contributed by atoms with Gasteiger partial charge in [-0.2, -0.15) is 52.7 Å². The van der Waals surface area contributed by atoms with Crippen LogP contribution >= 0.6 is 0 Å². The highest BCUT2D eigenvalue weighted by atomic mass is 19.4. The highest BCUT2D eigenvalue weighted by Crippen LogP contribution is 2.58. The predicted octanol–water partition coefficient (Wildman–Crippen LogP) is 7.69. The van der Waals surface area contributed by atoms with E-state index in [9.17, 15) is 122 Å². The molecule has 0 saturated carbocycles. The lowest BCUT2D eigenvalue weighted by atomic mass is 9.71. The summed E-state index contributed by atoms with van der Waals surface area (Å²) in [5.74, 6) is -18.7. The van der Waals surface area contributed by atoms with E-state index in [1.165, 1.54) is 0 Å². The number of carbonyl (C=O) groups excluding carboxylic acids is 2. The Morgan fingerprint density at radius 3 is 0.677 bits per heavy atom. The van der Waals surface area contributed by atoms with Gasteiger partial charge in [-0.25, -0.2) is 38.4 Å². The lowest BCUT2D eigenvalue weighted by Gasteiger charge is -2.38. The van der Waals surface area contributed by atoms with Crippen molar-refractivity contribution >= 4 is 47.8 Å². The van der Waals surface area contributed by atoms with E-state index in [1.54, 1.807) is 0 Å². The SMILES string of the molecule is O=C(O)c1ccc(C(c2ccc(C(=O)OC(=O)c3ccc(C(c4ccc(C(=O)O)c(C(=O)O)c4)(C(F)(F)F)C(F)(F)F)cc3C(=O)O)c(C(=O)O)c2)(C(F)(F)F)C(F)(F)F)cc1C(=O)O. The van der Waals surface area contributed by atoms with Gasteiger partial charge >= 0.3 is 72.5 Å². The lowest BCUT2D eigenvalue weighted by Crippen LogP contribution is -2.55. The van der Waals surface area contributed by atoms with Crippen molar-refractivity contribution in [2.75, 3.05) is 0 Å². The fraction of sp³-hybridized carbons (Fsp3) is 0.158. The average Bonchev–Trinajstić information content (AvgIpc) is 3.15. The molecule has 65 heavy (non-hydrogen) atoms. The Bertz CT molecular complexity index is 2500. The Kier molecular flexibility index (Phi) is 12.7. The molecule has 4 aromatic rings. The lowest BCUT2D eigenvalue weighted by molar-refractivity contribution is -0.290. The van der Waals surface area contributed by atoms with E-state index in [0.29, 0.717) is 0 Å². The number of ether oxygens (including phenoxy) is 1. The molecule has 0 spiro atoms. The van der Waals surface area contributed by atoms with Gasteiger partial charge in [-0.3, -0.25) is 0 Å². The molecule has 27 heteroatoms. The zero-order valence-corrected chi connectivity index (χ0v) is 30.8. The van der Waals surface area contributed by atoms with Crippen LogP contribution in [0.25, 0.3) is 0 Å². The van der Waals surface area contributed by atoms with Crippen molar-refractivity contribution in [3.63, 3.8) is 0 Å². The predicted molar refractivity (Wildman–Crippen MR) is 183 cm³/mol. The summed E-state index contributed by atoms with van der Waals surface area (Å²) in [6.45, 7) is 0. The minimum atomic E-state index is -6.62. The minimum absolute atomic E-state index is 0.0562. The zero-order valence-electron chi connectivity index (χ0n) is 30.8. The number of hydrogen-bond donors (Lipinski definition) is 6. The van der Waals surface area contributed by atoms with Gasteiger partial charge < -0.3 is 35.4 Å². The van der Waals surface area contributed by atoms with E-state index in [2.05, 4.69) is 4.74 Å². The summed E-state index contributed by atoms with van der Waals surface area (Å²) in [5.41, 5.74) is -32.0. The molecule has 0 aliphatic heterocycles. The first-order valence-electron chi connectivity index (χ1n) is 16.6. The minimum Gasteiger partial charge on any atom is -0.478 e. The number of halogens is 12. The molecular formula is C38H18F12O15. The molecule has 4 rings (SSSR count). The molecule has 0 aromatic heterocycles. The van der Waals surface area contributed by atoms with Gasteiger partial charge in [0.25, 0.3) is 0 Å². The Hall–Kier alpha value is -8.00. The van der Waals surface area contributed by atoms with E-state index in [0.717, 1.165) is 0 Å². The molecule has 0 aliphatic rings. The topological polar surface area (TPSA) is 267 Å². The molecule has 0 atom stereocenters. The molecule has 4 aromatic carbocycles. The van der Waals surface area contributed by atoms with E-state index in [4.69, 9.17) is 0 Å². The first-order valence-corrected chi connectivity index (χ1v) is 16.6. The molecule has 344 valence electrons. The Morgan fingerprint density at radius 2 is 0.492 bits per heavy atom. The number of carbonyl (C=O) groups is 8. The molecule has 0 aliphatic carbocycles. The van der Waals surface area contributed by atoms with E-state index >= 15 is 0 Å². The van der Waals surface area contributed by atoms with Crippen molar-refractivity contribution in [1.29, 1.82) is 0 Å². The normalized spacial score (nSPS) is 12.6. The maximum absolute atomic E-state index is 14.8. The van der Waals surface area contributed by atoms with Gasteiger partial charge in [0.1, 0.15) is 0 Å². The summed E-state index contributed by atoms with van der Waals surface area (Å²) >= 11 is 0. The number of esters is 2. The van der Waals surface area contributed by atoms with Crippen molar-refractivity contribution in [1.82, 2.24) is 0 Å². The van der Waals surface area contributed by atoms with Gasteiger partial charge in [0.15, 0.2) is 0 Å². The van der Waals surface area contributed by atoms with Gasteiger partial charge in [-0.1, -0.05) is 24.3 Å². The second kappa shape index (κ2) is 16.6. The fourth-order valence-corrected chi connectivity index (χ4v) is 6.71. The summed E-state index contributed by atoms with van der Waals surface area (Å²) in [7, 11) is 0. The molecule has 0 fully saturated rings. The smallest absolute Gasteiger partial charge is 0.411 e. The van der Waals surface area contributed by atoms with Gasteiger partial charge in [0.05, 0.1) is 44.5 Å². The largest absolute Gasteiger partial charge is 0.478 e. The van der Waals surface area contributed by atoms with Crippen molar-refractivity contribution in [3.8, 4) is 0 Å². The molecule has 15 nitrogen and oxygen atoms in total. The second-order valence-electron chi connectivity index (χ2n) is 13.0. The molecule has 0 bridgehead atoms. The highest BCUT2D eigenvalue weighted by Gasteiger charge is 2.74. The second-order valence-corrected chi connectivity index (χ2v) is 13.0. The van der Waals surface area contributed by atoms with E-state index in [-0.39, 0.29) is 60.7 Å². The van der Waals surface area contributed by atoms with Crippen LogP contribution in [0.15, 0.2) is 72.8 Å². The number of carboxylic acids is 6. The third-order valence-electron chi connectivity index (χ3n) is 9.52. The number of benzene rings is 4. The molecule has 0 unspecified atom stereocenters. The van der Waals surface area contributed by atoms with Crippen LogP contribution in [0.3, 0.4) is 0 Å². The van der Waals surface area contributed by atoms with Gasteiger partial charge in [0, 0.05) is 0 Å². The third kappa shape index (κ3) is 8.33. The van der Waals surface area contributed by atoms with Crippen LogP contribution in [0.5, 0.6) is 0 Å². The van der Waals surface area contributed by atoms with Crippen molar-refractivity contribution < 1.29 is 126 Å². The summed E-state index contributed by atoms with van der Waals surface area (Å²) in [6.07, 6.45) is -26.5. The quantitative estimate of drug-likeness (QED) is 0.0451. The van der Waals surface area contributed by atoms with Crippen LogP contribution in [0.4, 0.5) is 52.7 Å². The van der Waals surface area contributed by atoms with Crippen molar-refractivity contribution in [2.24, 2.45) is 0 Å². The summed E-state index contributed by atoms with van der Waals surface area (Å²) < 4.78 is 182. The zero-order chi connectivity index (χ0) is 49.7. The molecule has 0 amide bonds. The molecule has 6 N–H and O–H groups in total. The van der Waals surface area contributed by atoms with Crippen molar-refractivity contribution in [3.05, 3.63) is 140 Å². The molecule has 0 heterocycles. The Morgan fingerprint density at radius 1 is 0.308 bits per heavy atom. The monoisotopic (exact) mass is 942 g/mol. The van der Waals surface area contributed by atoms with E-state index in [1.807, 2.05) is 0 Å². The van der Waals surface area contributed by atoms with Crippen molar-refractivity contribution in [2.45, 2.75) is 35.5 Å². The number of alkyl halides is 12. The van der Waals surface area contributed by atoms with Gasteiger partial charge in [-0.15, -0.1) is 0 Å². The van der Waals surface area contributed by atoms with Gasteiger partial charge in [-0.05, 0) is 70.8 Å². The maximum Gasteiger partial charge on any atom is 0.411 e. The number of hydrogen-bond acceptors (Lipinski definition) is 9. The van der Waals surface area contributed by atoms with Crippen LogP contribution in [-0.4, -0.2) is 103 Å². The number of carboxylic acid groups (broad SMARTS) is 6. The van der Waals surface area contributed by atoms with Crippen LogP contribution in [0, 0.1) is 0 Å². The fourth-order valence-electron chi connectivity index (χ4n) is 6.71. The molecular weight excluding hydrogens is 924 g/mol. The van der Waals surface area contributed by atoms with Gasteiger partial charge in [0.2, 0.25) is 10.8 Å². The average molecular weight is 943 g/mol. The molecule has 0 saturated heterocycles. The maximum atomic E-state index is 14.8. The summed E-state index contributed by atoms with van der Waals surface area (Å²) in [5, 5.41) is 56.7. The molecule has 0 radical (unpaired) electrons. The number of rotatable bonds is 12. The van der Waals surface area contributed by atoms with Crippen LogP contribution < -0.4 is 0 Å². The first kappa shape index (κ1) is 49.7. The Labute approximate surface area is 349 Å². The first-order chi connectivity index (χ1) is 29.6. The van der Waals surface area contributed by atoms with Crippen LogP contribution in [-0.2, 0) is 15.6 Å². The Balaban J connectivity index is 1.93. The van der Waals surface area contributed by atoms with Crippen LogP contribution in [0.1, 0.15) is 105 Å².